The highest BCUT2D eigenvalue weighted by Gasteiger charge is 2.42. The molecule has 0 aliphatic heterocycles. The Morgan fingerprint density at radius 2 is 1.69 bits per heavy atom. The van der Waals surface area contributed by atoms with E-state index in [0.717, 1.165) is 20.5 Å². The van der Waals surface area contributed by atoms with E-state index in [-0.39, 0.29) is 23.1 Å². The van der Waals surface area contributed by atoms with E-state index in [1.807, 2.05) is 6.07 Å². The lowest BCUT2D eigenvalue weighted by atomic mass is 10.1. The van der Waals surface area contributed by atoms with Crippen LogP contribution < -0.4 is 11.2 Å². The predicted octanol–water partition coefficient (Wildman–Crippen LogP) is 6.14. The van der Waals surface area contributed by atoms with Crippen molar-refractivity contribution in [1.29, 1.82) is 0 Å². The summed E-state index contributed by atoms with van der Waals surface area (Å²) in [7, 11) is -4.18. The first-order chi connectivity index (χ1) is 22.3. The Bertz CT molecular complexity index is 2150. The van der Waals surface area contributed by atoms with Crippen molar-refractivity contribution in [2.75, 3.05) is 0 Å². The van der Waals surface area contributed by atoms with E-state index in [1.54, 1.807) is 76.5 Å². The molecule has 17 heteroatoms. The Morgan fingerprint density at radius 1 is 0.979 bits per heavy atom. The van der Waals surface area contributed by atoms with Crippen LogP contribution in [0.3, 0.4) is 0 Å². The first-order valence-corrected chi connectivity index (χ1v) is 16.6. The van der Waals surface area contributed by atoms with Gasteiger partial charge in [-0.15, -0.1) is 0 Å². The molecule has 1 aliphatic carbocycles. The van der Waals surface area contributed by atoms with Crippen molar-refractivity contribution in [3.63, 3.8) is 0 Å². The molecule has 1 aromatic carbocycles. The van der Waals surface area contributed by atoms with Crippen LogP contribution in [0.25, 0.3) is 27.8 Å². The van der Waals surface area contributed by atoms with Gasteiger partial charge in [0.25, 0.3) is 5.56 Å². The molecular weight excluding hydrogens is 654 g/mol. The summed E-state index contributed by atoms with van der Waals surface area (Å²) >= 11 is 0. The van der Waals surface area contributed by atoms with E-state index in [9.17, 15) is 27.3 Å². The highest BCUT2D eigenvalue weighted by molar-refractivity contribution is 7.48. The normalized spacial score (nSPS) is 17.4. The molecule has 4 heterocycles. The van der Waals surface area contributed by atoms with Gasteiger partial charge in [0.2, 0.25) is 0 Å². The number of halogens is 3. The van der Waals surface area contributed by atoms with Crippen molar-refractivity contribution in [2.45, 2.75) is 90.5 Å². The summed E-state index contributed by atoms with van der Waals surface area (Å²) < 4.78 is 73.4. The van der Waals surface area contributed by atoms with Crippen molar-refractivity contribution in [3.05, 3.63) is 81.0 Å². The van der Waals surface area contributed by atoms with Gasteiger partial charge in [0.05, 0.1) is 46.1 Å². The maximum Gasteiger partial charge on any atom is 0.477 e. The number of hydrogen-bond donors (Lipinski definition) is 1. The lowest BCUT2D eigenvalue weighted by Crippen LogP contribution is -2.32. The number of phosphoric acid groups is 1. The molecule has 1 saturated carbocycles. The second kappa shape index (κ2) is 11.8. The fourth-order valence-corrected chi connectivity index (χ4v) is 7.26. The van der Waals surface area contributed by atoms with Gasteiger partial charge in [-0.25, -0.2) is 18.9 Å². The van der Waals surface area contributed by atoms with Crippen LogP contribution in [0.5, 0.6) is 0 Å². The topological polar surface area (TPSA) is 148 Å². The molecule has 5 aromatic rings. The number of aromatic nitrogens is 7. The Kier molecular flexibility index (Phi) is 8.30. The first-order valence-electron chi connectivity index (χ1n) is 15.1. The van der Waals surface area contributed by atoms with Gasteiger partial charge in [-0.2, -0.15) is 23.4 Å². The molecule has 13 nitrogen and oxygen atoms in total. The maximum absolute atomic E-state index is 13.5. The minimum Gasteiger partial charge on any atom is -0.281 e. The number of hydrogen-bond acceptors (Lipinski definition) is 9. The van der Waals surface area contributed by atoms with Crippen LogP contribution in [0, 0.1) is 0 Å². The molecule has 0 amide bonds. The summed E-state index contributed by atoms with van der Waals surface area (Å²) in [5.41, 5.74) is -0.623. The second-order valence-corrected chi connectivity index (χ2v) is 15.3. The SMILES string of the molecule is CC(C)(C)OP(=O)(OCn1cc(-c2cc(C3C[C@H]3c3ccc4cnn(CC(F)(F)F)c4c3)n3nccc3n2)c(=O)[nH]c1=O)OC(C)(C)C. The quantitative estimate of drug-likeness (QED) is 0.180. The second-order valence-electron chi connectivity index (χ2n) is 13.7. The van der Waals surface area contributed by atoms with E-state index >= 15 is 0 Å². The van der Waals surface area contributed by atoms with Gasteiger partial charge in [0, 0.05) is 23.6 Å². The smallest absolute Gasteiger partial charge is 0.281 e. The monoisotopic (exact) mass is 689 g/mol. The largest absolute Gasteiger partial charge is 0.477 e. The van der Waals surface area contributed by atoms with Crippen LogP contribution in [0.15, 0.2) is 58.5 Å². The van der Waals surface area contributed by atoms with Crippen molar-refractivity contribution in [3.8, 4) is 11.3 Å². The fraction of sp³-hybridized carbons (Fsp3) is 0.452. The summed E-state index contributed by atoms with van der Waals surface area (Å²) in [5, 5.41) is 8.92. The van der Waals surface area contributed by atoms with Crippen molar-refractivity contribution in [2.24, 2.45) is 0 Å². The molecule has 4 aromatic heterocycles. The molecule has 0 radical (unpaired) electrons. The minimum atomic E-state index is -4.41. The number of H-pyrrole nitrogens is 1. The van der Waals surface area contributed by atoms with Gasteiger partial charge in [0.1, 0.15) is 13.3 Å². The average Bonchev–Trinajstić information content (AvgIpc) is 3.42. The first kappa shape index (κ1) is 33.8. The number of rotatable bonds is 9. The van der Waals surface area contributed by atoms with E-state index in [1.165, 1.54) is 12.4 Å². The van der Waals surface area contributed by atoms with Crippen LogP contribution in [0.4, 0.5) is 13.2 Å². The highest BCUT2D eigenvalue weighted by Crippen LogP contribution is 2.56. The van der Waals surface area contributed by atoms with Gasteiger partial charge >= 0.3 is 19.7 Å². The van der Waals surface area contributed by atoms with Crippen molar-refractivity contribution >= 4 is 24.4 Å². The van der Waals surface area contributed by atoms with Gasteiger partial charge < -0.3 is 0 Å². The number of alkyl halides is 3. The van der Waals surface area contributed by atoms with E-state index in [2.05, 4.69) is 20.2 Å². The molecule has 0 saturated heterocycles. The van der Waals surface area contributed by atoms with Crippen LogP contribution in [-0.4, -0.2) is 51.3 Å². The fourth-order valence-electron chi connectivity index (χ4n) is 5.51. The highest BCUT2D eigenvalue weighted by atomic mass is 31.2. The van der Waals surface area contributed by atoms with Crippen LogP contribution in [0.1, 0.15) is 71.1 Å². The van der Waals surface area contributed by atoms with Crippen LogP contribution in [0.2, 0.25) is 0 Å². The third-order valence-electron chi connectivity index (χ3n) is 7.40. The Morgan fingerprint density at radius 3 is 2.35 bits per heavy atom. The van der Waals surface area contributed by atoms with Crippen molar-refractivity contribution in [1.82, 2.24) is 33.9 Å². The number of fused-ring (bicyclic) bond motifs is 2. The molecular formula is C31H35F3N7O6P. The third-order valence-corrected chi connectivity index (χ3v) is 9.37. The Balaban J connectivity index is 1.32. The maximum atomic E-state index is 13.5. The summed E-state index contributed by atoms with van der Waals surface area (Å²) in [6.45, 7) is 8.33. The lowest BCUT2D eigenvalue weighted by molar-refractivity contribution is -0.141. The Hall–Kier alpha value is -4.11. The van der Waals surface area contributed by atoms with E-state index in [0.29, 0.717) is 23.0 Å². The average molecular weight is 690 g/mol. The zero-order valence-corrected chi connectivity index (χ0v) is 28.0. The Labute approximate surface area is 272 Å². The molecule has 2 atom stereocenters. The molecule has 1 aliphatic rings. The molecule has 1 N–H and O–H groups in total. The van der Waals surface area contributed by atoms with Gasteiger partial charge in [-0.1, -0.05) is 12.1 Å². The zero-order valence-electron chi connectivity index (χ0n) is 27.1. The third kappa shape index (κ3) is 7.46. The van der Waals surface area contributed by atoms with Crippen LogP contribution >= 0.6 is 7.82 Å². The number of nitrogens with zero attached hydrogens (tertiary/aromatic N) is 6. The minimum absolute atomic E-state index is 0.0355. The van der Waals surface area contributed by atoms with Gasteiger partial charge in [-0.3, -0.25) is 32.6 Å². The van der Waals surface area contributed by atoms with Gasteiger partial charge in [-0.05, 0) is 71.6 Å². The summed E-state index contributed by atoms with van der Waals surface area (Å²) in [6, 6.07) is 8.73. The number of phosphoric ester groups is 1. The summed E-state index contributed by atoms with van der Waals surface area (Å²) in [4.78, 5) is 32.7. The van der Waals surface area contributed by atoms with Crippen LogP contribution in [-0.2, 0) is 31.4 Å². The van der Waals surface area contributed by atoms with Crippen molar-refractivity contribution < 1.29 is 31.3 Å². The molecule has 1 fully saturated rings. The standard InChI is InChI=1S/C31H35F3N7O6P/c1-29(2,3)46-48(44,47-30(4,5)6)45-17-39-15-22(27(42)38-28(39)43)23-13-25(41-26(37-23)9-10-35-41)21-12-20(21)18-7-8-19-14-36-40(24(19)11-18)16-31(32,33)34/h7-11,13-15,20-21H,12,16-17H2,1-6H3,(H,38,42,43)/t20-,21?/m0/s1. The van der Waals surface area contributed by atoms with E-state index in [4.69, 9.17) is 13.6 Å². The number of benzene rings is 1. The number of aromatic amines is 1. The lowest BCUT2D eigenvalue weighted by Gasteiger charge is -2.30. The summed E-state index contributed by atoms with van der Waals surface area (Å²) in [5.74, 6) is -0.124. The molecule has 0 bridgehead atoms. The summed E-state index contributed by atoms with van der Waals surface area (Å²) in [6.07, 6.45) is 0.503. The molecule has 1 unspecified atom stereocenters. The predicted molar refractivity (Wildman–Crippen MR) is 170 cm³/mol. The van der Waals surface area contributed by atoms with E-state index < -0.39 is 49.7 Å². The van der Waals surface area contributed by atoms with Gasteiger partial charge in [0.15, 0.2) is 5.65 Å². The molecule has 256 valence electrons. The molecule has 48 heavy (non-hydrogen) atoms. The number of nitrogens with one attached hydrogen (secondary N) is 1. The zero-order chi connectivity index (χ0) is 34.8. The molecule has 6 rings (SSSR count). The molecule has 0 spiro atoms.